The Hall–Kier alpha value is -1.08. The maximum Gasteiger partial charge on any atom is 0.243 e. The van der Waals surface area contributed by atoms with E-state index in [0.717, 1.165) is 34.1 Å². The highest BCUT2D eigenvalue weighted by Crippen LogP contribution is 2.34. The van der Waals surface area contributed by atoms with Crippen LogP contribution in [0.25, 0.3) is 0 Å². The zero-order valence-corrected chi connectivity index (χ0v) is 14.1. The number of rotatable bonds is 2. The first-order valence-corrected chi connectivity index (χ1v) is 9.70. The predicted octanol–water partition coefficient (Wildman–Crippen LogP) is 3.08. The Kier molecular flexibility index (Phi) is 3.45. The van der Waals surface area contributed by atoms with Gasteiger partial charge in [0.1, 0.15) is 5.75 Å². The maximum absolute atomic E-state index is 12.9. The molecule has 7 heteroatoms. The van der Waals surface area contributed by atoms with Crippen LogP contribution in [0, 0.1) is 0 Å². The van der Waals surface area contributed by atoms with Crippen molar-refractivity contribution < 1.29 is 13.2 Å². The molecule has 116 valence electrons. The van der Waals surface area contributed by atoms with E-state index in [9.17, 15) is 8.42 Å². The van der Waals surface area contributed by atoms with Crippen molar-refractivity contribution in [2.24, 2.45) is 0 Å². The number of ether oxygens (including phenoxy) is 1. The van der Waals surface area contributed by atoms with Gasteiger partial charge in [-0.3, -0.25) is 0 Å². The third-order valence-corrected chi connectivity index (χ3v) is 7.31. The summed E-state index contributed by atoms with van der Waals surface area (Å²) in [6.45, 7) is 1.52. The Morgan fingerprint density at radius 2 is 2.05 bits per heavy atom. The van der Waals surface area contributed by atoms with Crippen molar-refractivity contribution in [3.05, 3.63) is 44.6 Å². The van der Waals surface area contributed by atoms with Gasteiger partial charge in [-0.25, -0.2) is 8.42 Å². The van der Waals surface area contributed by atoms with Crippen molar-refractivity contribution in [2.75, 3.05) is 13.2 Å². The SMILES string of the molecule is O=S(=O)(c1ccc2c(c1)CCO2)N1CCc2sc(Cl)cc2C1. The molecule has 0 atom stereocenters. The Bertz CT molecular complexity index is 844. The maximum atomic E-state index is 12.9. The topological polar surface area (TPSA) is 46.6 Å². The monoisotopic (exact) mass is 355 g/mol. The normalized spacial score (nSPS) is 17.9. The third-order valence-electron chi connectivity index (χ3n) is 4.10. The molecule has 2 aromatic rings. The fraction of sp³-hybridized carbons (Fsp3) is 0.333. The molecule has 3 heterocycles. The van der Waals surface area contributed by atoms with E-state index < -0.39 is 10.0 Å². The lowest BCUT2D eigenvalue weighted by molar-refractivity contribution is 0.356. The molecule has 0 spiro atoms. The molecule has 0 bridgehead atoms. The predicted molar refractivity (Wildman–Crippen MR) is 86.3 cm³/mol. The average molecular weight is 356 g/mol. The van der Waals surface area contributed by atoms with E-state index in [1.54, 1.807) is 29.5 Å². The Labute approximate surface area is 138 Å². The summed E-state index contributed by atoms with van der Waals surface area (Å²) in [6.07, 6.45) is 1.49. The van der Waals surface area contributed by atoms with Crippen molar-refractivity contribution in [1.29, 1.82) is 0 Å². The molecule has 0 N–H and O–H groups in total. The van der Waals surface area contributed by atoms with Gasteiger partial charge in [0.25, 0.3) is 0 Å². The molecule has 2 aliphatic rings. The molecule has 0 saturated carbocycles. The first kappa shape index (κ1) is 14.5. The van der Waals surface area contributed by atoms with Crippen LogP contribution in [0.1, 0.15) is 16.0 Å². The van der Waals surface area contributed by atoms with Gasteiger partial charge in [0.15, 0.2) is 0 Å². The molecule has 0 fully saturated rings. The summed E-state index contributed by atoms with van der Waals surface area (Å²) in [5.74, 6) is 0.796. The van der Waals surface area contributed by atoms with Crippen LogP contribution in [0.5, 0.6) is 5.75 Å². The minimum Gasteiger partial charge on any atom is -0.493 e. The number of thiophene rings is 1. The molecule has 0 amide bonds. The Morgan fingerprint density at radius 3 is 2.91 bits per heavy atom. The third kappa shape index (κ3) is 2.34. The van der Waals surface area contributed by atoms with E-state index in [2.05, 4.69) is 0 Å². The van der Waals surface area contributed by atoms with Crippen LogP contribution >= 0.6 is 22.9 Å². The second-order valence-corrected chi connectivity index (χ2v) is 9.16. The van der Waals surface area contributed by atoms with E-state index in [-0.39, 0.29) is 0 Å². The van der Waals surface area contributed by atoms with Crippen LogP contribution in [0.15, 0.2) is 29.2 Å². The summed E-state index contributed by atoms with van der Waals surface area (Å²) in [4.78, 5) is 1.54. The standard InChI is InChI=1S/C15H14ClNO3S2/c16-15-8-11-9-17(5-3-14(11)21-15)22(18,19)12-1-2-13-10(7-12)4-6-20-13/h1-2,7-8H,3-6,9H2. The van der Waals surface area contributed by atoms with Gasteiger partial charge < -0.3 is 4.74 Å². The van der Waals surface area contributed by atoms with Gasteiger partial charge in [-0.2, -0.15) is 4.31 Å². The van der Waals surface area contributed by atoms with E-state index in [1.165, 1.54) is 9.18 Å². The molecule has 0 aliphatic carbocycles. The quantitative estimate of drug-likeness (QED) is 0.831. The van der Waals surface area contributed by atoms with E-state index in [0.29, 0.717) is 24.6 Å². The summed E-state index contributed by atoms with van der Waals surface area (Å²) in [5.41, 5.74) is 1.99. The van der Waals surface area contributed by atoms with Crippen molar-refractivity contribution in [2.45, 2.75) is 24.3 Å². The summed E-state index contributed by atoms with van der Waals surface area (Å²) >= 11 is 7.57. The second kappa shape index (κ2) is 5.23. The lowest BCUT2D eigenvalue weighted by Crippen LogP contribution is -2.35. The molecule has 2 aliphatic heterocycles. The number of fused-ring (bicyclic) bond motifs is 2. The second-order valence-electron chi connectivity index (χ2n) is 5.46. The lowest BCUT2D eigenvalue weighted by Gasteiger charge is -2.26. The number of hydrogen-bond donors (Lipinski definition) is 0. The highest BCUT2D eigenvalue weighted by molar-refractivity contribution is 7.89. The summed E-state index contributed by atoms with van der Waals surface area (Å²) in [6, 6.07) is 7.01. The van der Waals surface area contributed by atoms with Crippen LogP contribution < -0.4 is 4.74 Å². The molecular weight excluding hydrogens is 342 g/mol. The Balaban J connectivity index is 1.67. The largest absolute Gasteiger partial charge is 0.493 e. The van der Waals surface area contributed by atoms with Crippen LogP contribution in [0.2, 0.25) is 4.34 Å². The molecule has 0 radical (unpaired) electrons. The molecule has 1 aromatic heterocycles. The molecule has 1 aromatic carbocycles. The van der Waals surface area contributed by atoms with Crippen LogP contribution in [-0.2, 0) is 29.4 Å². The fourth-order valence-corrected chi connectivity index (χ4v) is 5.71. The highest BCUT2D eigenvalue weighted by atomic mass is 35.5. The van der Waals surface area contributed by atoms with Crippen LogP contribution in [0.3, 0.4) is 0 Å². The first-order valence-electron chi connectivity index (χ1n) is 7.07. The van der Waals surface area contributed by atoms with Crippen LogP contribution in [-0.4, -0.2) is 25.9 Å². The lowest BCUT2D eigenvalue weighted by atomic mass is 10.1. The smallest absolute Gasteiger partial charge is 0.243 e. The fourth-order valence-electron chi connectivity index (χ4n) is 2.95. The van der Waals surface area contributed by atoms with Gasteiger partial charge in [0.2, 0.25) is 10.0 Å². The van der Waals surface area contributed by atoms with E-state index in [4.69, 9.17) is 16.3 Å². The summed E-state index contributed by atoms with van der Waals surface area (Å²) in [5, 5.41) is 0. The van der Waals surface area contributed by atoms with E-state index >= 15 is 0 Å². The van der Waals surface area contributed by atoms with Crippen LogP contribution in [0.4, 0.5) is 0 Å². The summed E-state index contributed by atoms with van der Waals surface area (Å²) in [7, 11) is -3.48. The number of nitrogens with zero attached hydrogens (tertiary/aromatic N) is 1. The molecule has 4 nitrogen and oxygen atoms in total. The highest BCUT2D eigenvalue weighted by Gasteiger charge is 2.30. The molecule has 4 rings (SSSR count). The molecule has 0 unspecified atom stereocenters. The minimum atomic E-state index is -3.48. The first-order chi connectivity index (χ1) is 10.5. The average Bonchev–Trinajstić information content (AvgIpc) is 3.09. The minimum absolute atomic E-state index is 0.349. The number of halogens is 1. The van der Waals surface area contributed by atoms with Crippen molar-refractivity contribution in [1.82, 2.24) is 4.31 Å². The van der Waals surface area contributed by atoms with Gasteiger partial charge in [-0.15, -0.1) is 11.3 Å². The van der Waals surface area contributed by atoms with Gasteiger partial charge >= 0.3 is 0 Å². The molecule has 22 heavy (non-hydrogen) atoms. The van der Waals surface area contributed by atoms with Gasteiger partial charge in [0.05, 0.1) is 15.8 Å². The van der Waals surface area contributed by atoms with E-state index in [1.807, 2.05) is 6.07 Å². The number of benzene rings is 1. The van der Waals surface area contributed by atoms with Gasteiger partial charge in [0, 0.05) is 24.4 Å². The van der Waals surface area contributed by atoms with Gasteiger partial charge in [-0.05, 0) is 41.8 Å². The Morgan fingerprint density at radius 1 is 1.18 bits per heavy atom. The molecule has 0 saturated heterocycles. The zero-order valence-electron chi connectivity index (χ0n) is 11.7. The number of hydrogen-bond acceptors (Lipinski definition) is 4. The van der Waals surface area contributed by atoms with Gasteiger partial charge in [-0.1, -0.05) is 11.6 Å². The summed E-state index contributed by atoms with van der Waals surface area (Å²) < 4.78 is 33.4. The van der Waals surface area contributed by atoms with Crippen molar-refractivity contribution >= 4 is 33.0 Å². The van der Waals surface area contributed by atoms with Crippen molar-refractivity contribution in [3.8, 4) is 5.75 Å². The van der Waals surface area contributed by atoms with Crippen molar-refractivity contribution in [3.63, 3.8) is 0 Å². The number of sulfonamides is 1. The zero-order chi connectivity index (χ0) is 15.3. The molecular formula is C15H14ClNO3S2.